The van der Waals surface area contributed by atoms with Crippen LogP contribution < -0.4 is 0 Å². The third-order valence-electron chi connectivity index (χ3n) is 7.00. The van der Waals surface area contributed by atoms with Crippen LogP contribution in [-0.4, -0.2) is 0 Å². The van der Waals surface area contributed by atoms with Gasteiger partial charge < -0.3 is 0 Å². The van der Waals surface area contributed by atoms with Crippen LogP contribution in [0.5, 0.6) is 0 Å². The lowest BCUT2D eigenvalue weighted by atomic mass is 9.89. The molecule has 0 bridgehead atoms. The Bertz CT molecular complexity index is 1380. The minimum Gasteiger partial charge on any atom is -0.0622 e. The summed E-state index contributed by atoms with van der Waals surface area (Å²) in [5.74, 6) is 0. The molecule has 6 rings (SSSR count). The first kappa shape index (κ1) is 20.4. The van der Waals surface area contributed by atoms with Crippen molar-refractivity contribution in [1.29, 1.82) is 0 Å². The Morgan fingerprint density at radius 2 is 0.500 bits per heavy atom. The topological polar surface area (TPSA) is 0 Å². The van der Waals surface area contributed by atoms with Crippen LogP contribution in [0.3, 0.4) is 0 Å². The van der Waals surface area contributed by atoms with E-state index in [4.69, 9.17) is 0 Å². The molecule has 0 aromatic heterocycles. The van der Waals surface area contributed by atoms with E-state index >= 15 is 0 Å². The van der Waals surface area contributed by atoms with Gasteiger partial charge in [-0.15, -0.1) is 0 Å². The average Bonchev–Trinajstić information content (AvgIpc) is 3.34. The normalized spacial score (nSPS) is 15.5. The molecule has 162 valence electrons. The van der Waals surface area contributed by atoms with Crippen molar-refractivity contribution >= 4 is 22.3 Å². The van der Waals surface area contributed by atoms with Gasteiger partial charge in [-0.3, -0.25) is 0 Å². The molecule has 34 heavy (non-hydrogen) atoms. The van der Waals surface area contributed by atoms with E-state index in [1.807, 2.05) is 0 Å². The first-order chi connectivity index (χ1) is 16.8. The number of hydrogen-bond acceptors (Lipinski definition) is 0. The first-order valence-electron chi connectivity index (χ1n) is 11.9. The fourth-order valence-electron chi connectivity index (χ4n) is 5.23. The van der Waals surface area contributed by atoms with Crippen molar-refractivity contribution in [1.82, 2.24) is 0 Å². The maximum atomic E-state index is 2.26. The minimum atomic E-state index is 1.25. The molecule has 0 radical (unpaired) electrons. The van der Waals surface area contributed by atoms with Crippen LogP contribution in [0.15, 0.2) is 144 Å². The Morgan fingerprint density at radius 1 is 0.265 bits per heavy atom. The van der Waals surface area contributed by atoms with Gasteiger partial charge in [-0.1, -0.05) is 121 Å². The zero-order valence-electron chi connectivity index (χ0n) is 19.5. The molecule has 0 amide bonds. The summed E-state index contributed by atoms with van der Waals surface area (Å²) in [5, 5.41) is 0. The Morgan fingerprint density at radius 3 is 0.735 bits per heavy atom. The van der Waals surface area contributed by atoms with Gasteiger partial charge >= 0.3 is 0 Å². The van der Waals surface area contributed by atoms with Crippen LogP contribution >= 0.6 is 0 Å². The fourth-order valence-corrected chi connectivity index (χ4v) is 5.23. The number of hydrogen-bond donors (Lipinski definition) is 0. The predicted octanol–water partition coefficient (Wildman–Crippen LogP) is 8.87. The zero-order chi connectivity index (χ0) is 23.1. The second-order valence-electron chi connectivity index (χ2n) is 8.96. The molecule has 2 aliphatic carbocycles. The highest BCUT2D eigenvalue weighted by atomic mass is 14.4. The lowest BCUT2D eigenvalue weighted by Gasteiger charge is -2.14. The molecule has 0 saturated heterocycles. The Labute approximate surface area is 201 Å². The molecule has 4 aromatic carbocycles. The van der Waals surface area contributed by atoms with Crippen molar-refractivity contribution in [3.05, 3.63) is 166 Å². The van der Waals surface area contributed by atoms with Crippen molar-refractivity contribution in [2.45, 2.75) is 13.8 Å². The van der Waals surface area contributed by atoms with E-state index in [1.54, 1.807) is 0 Å². The number of allylic oxidation sites excluding steroid dienone is 8. The highest BCUT2D eigenvalue weighted by molar-refractivity contribution is 6.35. The molecule has 2 aliphatic rings. The van der Waals surface area contributed by atoms with E-state index in [2.05, 4.69) is 135 Å². The molecule has 0 atom stereocenters. The molecule has 0 saturated carbocycles. The van der Waals surface area contributed by atoms with E-state index in [9.17, 15) is 0 Å². The summed E-state index contributed by atoms with van der Waals surface area (Å²) >= 11 is 0. The molecular formula is C34H26. The van der Waals surface area contributed by atoms with Gasteiger partial charge in [-0.25, -0.2) is 0 Å². The van der Waals surface area contributed by atoms with Crippen LogP contribution in [-0.2, 0) is 0 Å². The summed E-state index contributed by atoms with van der Waals surface area (Å²) in [6.45, 7) is 4.51. The second-order valence-corrected chi connectivity index (χ2v) is 8.96. The summed E-state index contributed by atoms with van der Waals surface area (Å²) in [5.41, 5.74) is 15.9. The van der Waals surface area contributed by atoms with E-state index < -0.39 is 0 Å². The summed E-state index contributed by atoms with van der Waals surface area (Å²) in [6.07, 6.45) is 0. The highest BCUT2D eigenvalue weighted by Gasteiger charge is 2.38. The summed E-state index contributed by atoms with van der Waals surface area (Å²) in [4.78, 5) is 0. The zero-order valence-corrected chi connectivity index (χ0v) is 19.5. The molecule has 0 nitrogen and oxygen atoms in total. The van der Waals surface area contributed by atoms with Gasteiger partial charge in [-0.05, 0) is 80.7 Å². The lowest BCUT2D eigenvalue weighted by molar-refractivity contribution is 1.53. The largest absolute Gasteiger partial charge is 0.0622 e. The van der Waals surface area contributed by atoms with Gasteiger partial charge in [0.1, 0.15) is 0 Å². The SMILES string of the molecule is CC1=C(C)C1=C1C(c2ccccc2)=C(c2ccccc2)C(c2ccccc2)=C1c1ccccc1. The molecule has 0 heterocycles. The van der Waals surface area contributed by atoms with Crippen LogP contribution in [0.2, 0.25) is 0 Å². The van der Waals surface area contributed by atoms with Gasteiger partial charge in [0.2, 0.25) is 0 Å². The van der Waals surface area contributed by atoms with Crippen molar-refractivity contribution in [2.75, 3.05) is 0 Å². The quantitative estimate of drug-likeness (QED) is 0.301. The fraction of sp³-hybridized carbons (Fsp3) is 0.0588. The third kappa shape index (κ3) is 3.31. The molecule has 4 aromatic rings. The molecule has 0 aliphatic heterocycles. The molecule has 0 fully saturated rings. The Balaban J connectivity index is 1.79. The first-order valence-corrected chi connectivity index (χ1v) is 11.9. The Hall–Kier alpha value is -4.16. The van der Waals surface area contributed by atoms with E-state index in [1.165, 1.54) is 66.8 Å². The van der Waals surface area contributed by atoms with E-state index in [0.29, 0.717) is 0 Å². The number of rotatable bonds is 4. The maximum Gasteiger partial charge on any atom is -0.000834 e. The standard InChI is InChI=1S/C34H26/c1-23-24(2)29(23)34-32(27-19-11-5-12-20-27)30(25-15-7-3-8-16-25)31(26-17-9-4-10-18-26)33(34)28-21-13-6-14-22-28/h3-22H,1-2H3. The minimum absolute atomic E-state index is 1.25. The molecule has 0 N–H and O–H groups in total. The molecule has 0 spiro atoms. The Kier molecular flexibility index (Phi) is 5.00. The maximum absolute atomic E-state index is 2.26. The molecule has 0 heteroatoms. The molecular weight excluding hydrogens is 408 g/mol. The average molecular weight is 435 g/mol. The van der Waals surface area contributed by atoms with Crippen LogP contribution in [0.25, 0.3) is 22.3 Å². The van der Waals surface area contributed by atoms with Crippen molar-refractivity contribution in [3.63, 3.8) is 0 Å². The second kappa shape index (κ2) is 8.32. The predicted molar refractivity (Wildman–Crippen MR) is 145 cm³/mol. The number of benzene rings is 4. The monoisotopic (exact) mass is 434 g/mol. The van der Waals surface area contributed by atoms with Gasteiger partial charge in [-0.2, -0.15) is 0 Å². The van der Waals surface area contributed by atoms with Gasteiger partial charge in [0.05, 0.1) is 0 Å². The van der Waals surface area contributed by atoms with Gasteiger partial charge in [0.25, 0.3) is 0 Å². The van der Waals surface area contributed by atoms with Crippen molar-refractivity contribution < 1.29 is 0 Å². The van der Waals surface area contributed by atoms with Crippen molar-refractivity contribution in [3.8, 4) is 0 Å². The van der Waals surface area contributed by atoms with Gasteiger partial charge in [0, 0.05) is 0 Å². The van der Waals surface area contributed by atoms with Gasteiger partial charge in [0.15, 0.2) is 0 Å². The summed E-state index contributed by atoms with van der Waals surface area (Å²) < 4.78 is 0. The molecule has 0 unspecified atom stereocenters. The smallest absolute Gasteiger partial charge is 0.000834 e. The van der Waals surface area contributed by atoms with E-state index in [-0.39, 0.29) is 0 Å². The lowest BCUT2D eigenvalue weighted by Crippen LogP contribution is -1.93. The summed E-state index contributed by atoms with van der Waals surface area (Å²) in [6, 6.07) is 43.6. The third-order valence-corrected chi connectivity index (χ3v) is 7.00. The van der Waals surface area contributed by atoms with Crippen LogP contribution in [0.4, 0.5) is 0 Å². The summed E-state index contributed by atoms with van der Waals surface area (Å²) in [7, 11) is 0. The highest BCUT2D eigenvalue weighted by Crippen LogP contribution is 2.59. The van der Waals surface area contributed by atoms with E-state index in [0.717, 1.165) is 0 Å². The van der Waals surface area contributed by atoms with Crippen LogP contribution in [0, 0.1) is 0 Å². The van der Waals surface area contributed by atoms with Crippen molar-refractivity contribution in [2.24, 2.45) is 0 Å². The van der Waals surface area contributed by atoms with Crippen LogP contribution in [0.1, 0.15) is 36.1 Å².